The minimum atomic E-state index is -0.970. The van der Waals surface area contributed by atoms with E-state index in [4.69, 9.17) is 4.74 Å². The van der Waals surface area contributed by atoms with Crippen LogP contribution in [0.1, 0.15) is 21.6 Å². The molecule has 2 amide bonds. The van der Waals surface area contributed by atoms with Crippen molar-refractivity contribution < 1.29 is 28.6 Å². The van der Waals surface area contributed by atoms with Crippen LogP contribution in [0.15, 0.2) is 35.7 Å². The van der Waals surface area contributed by atoms with E-state index < -0.39 is 18.2 Å². The Morgan fingerprint density at radius 3 is 2.57 bits per heavy atom. The molecule has 2 aromatic rings. The van der Waals surface area contributed by atoms with Gasteiger partial charge in [-0.05, 0) is 17.2 Å². The summed E-state index contributed by atoms with van der Waals surface area (Å²) in [4.78, 5) is 45.6. The van der Waals surface area contributed by atoms with Gasteiger partial charge in [0, 0.05) is 25.0 Å². The van der Waals surface area contributed by atoms with Crippen LogP contribution in [0.3, 0.4) is 0 Å². The number of aliphatic imine (C=N–C) groups is 1. The highest BCUT2D eigenvalue weighted by Crippen LogP contribution is 2.24. The van der Waals surface area contributed by atoms with Gasteiger partial charge in [-0.1, -0.05) is 6.07 Å². The van der Waals surface area contributed by atoms with Gasteiger partial charge in [0.25, 0.3) is 0 Å². The Balaban J connectivity index is 2.42. The molecular weight excluding hydrogens is 370 g/mol. The van der Waals surface area contributed by atoms with Crippen LogP contribution in [0.5, 0.6) is 0 Å². The lowest BCUT2D eigenvalue weighted by atomic mass is 10.1. The number of aromatic nitrogens is 2. The number of nitrogens with one attached hydrogen (secondary N) is 3. The number of carbonyl (C=O) groups is 3. The largest absolute Gasteiger partial charge is 0.464 e. The molecule has 0 saturated carbocycles. The molecule has 2 aromatic heterocycles. The molecule has 3 N–H and O–H groups in total. The Labute approximate surface area is 160 Å². The van der Waals surface area contributed by atoms with E-state index in [2.05, 4.69) is 35.1 Å². The minimum absolute atomic E-state index is 0.0746. The minimum Gasteiger partial charge on any atom is -0.464 e. The normalized spacial score (nSPS) is 10.8. The summed E-state index contributed by atoms with van der Waals surface area (Å²) < 4.78 is 13.7. The van der Waals surface area contributed by atoms with Gasteiger partial charge in [-0.25, -0.2) is 14.4 Å². The maximum absolute atomic E-state index is 12.1. The number of carbonyl (C=O) groups excluding carboxylic acids is 3. The van der Waals surface area contributed by atoms with Crippen molar-refractivity contribution in [3.63, 3.8) is 0 Å². The monoisotopic (exact) mass is 389 g/mol. The summed E-state index contributed by atoms with van der Waals surface area (Å²) in [5.74, 6) is -0.952. The third-order valence-corrected chi connectivity index (χ3v) is 3.50. The third kappa shape index (κ3) is 5.30. The van der Waals surface area contributed by atoms with E-state index in [1.54, 1.807) is 24.7 Å². The van der Waals surface area contributed by atoms with Crippen molar-refractivity contribution in [3.8, 4) is 0 Å². The number of hydrogen-bond donors (Lipinski definition) is 3. The number of pyridine rings is 1. The van der Waals surface area contributed by atoms with Crippen molar-refractivity contribution in [2.24, 2.45) is 4.99 Å². The first-order valence-electron chi connectivity index (χ1n) is 7.94. The molecule has 11 heteroatoms. The molecule has 0 bridgehead atoms. The van der Waals surface area contributed by atoms with Gasteiger partial charge in [0.05, 0.1) is 27.0 Å². The average Bonchev–Trinajstić information content (AvgIpc) is 3.09. The van der Waals surface area contributed by atoms with Gasteiger partial charge in [-0.2, -0.15) is 0 Å². The number of nitrogens with zero attached hydrogens (tertiary/aromatic N) is 2. The number of aromatic amines is 1. The number of ether oxygens (including phenoxy) is 3. The molecular formula is C17H19N5O6. The van der Waals surface area contributed by atoms with Crippen molar-refractivity contribution in [3.05, 3.63) is 47.5 Å². The SMILES string of the molecule is COC(=O)N=C(NC(=O)OC)Nc1c(Cc2cccnc2)c[nH]c1C(=O)OC. The lowest BCUT2D eigenvalue weighted by molar-refractivity contribution is 0.0596. The van der Waals surface area contributed by atoms with Crippen LogP contribution in [0.4, 0.5) is 15.3 Å². The summed E-state index contributed by atoms with van der Waals surface area (Å²) in [5.41, 5.74) is 1.84. The van der Waals surface area contributed by atoms with Crippen molar-refractivity contribution in [2.45, 2.75) is 6.42 Å². The number of rotatable bonds is 4. The number of methoxy groups -OCH3 is 3. The van der Waals surface area contributed by atoms with Crippen LogP contribution in [-0.2, 0) is 20.6 Å². The number of guanidine groups is 1. The molecule has 0 aliphatic rings. The zero-order valence-corrected chi connectivity index (χ0v) is 15.4. The highest BCUT2D eigenvalue weighted by molar-refractivity contribution is 6.09. The quantitative estimate of drug-likeness (QED) is 0.310. The maximum atomic E-state index is 12.1. The van der Waals surface area contributed by atoms with Crippen molar-refractivity contribution >= 4 is 29.8 Å². The van der Waals surface area contributed by atoms with Crippen LogP contribution in [-0.4, -0.2) is 55.4 Å². The first kappa shape index (κ1) is 20.4. The molecule has 2 heterocycles. The summed E-state index contributed by atoms with van der Waals surface area (Å²) in [7, 11) is 3.50. The van der Waals surface area contributed by atoms with E-state index in [0.717, 1.165) is 19.8 Å². The van der Waals surface area contributed by atoms with Crippen LogP contribution >= 0.6 is 0 Å². The lowest BCUT2D eigenvalue weighted by Crippen LogP contribution is -2.37. The summed E-state index contributed by atoms with van der Waals surface area (Å²) in [5, 5.41) is 4.99. The highest BCUT2D eigenvalue weighted by Gasteiger charge is 2.21. The Bertz CT molecular complexity index is 877. The van der Waals surface area contributed by atoms with Crippen LogP contribution in [0, 0.1) is 0 Å². The average molecular weight is 389 g/mol. The van der Waals surface area contributed by atoms with Crippen molar-refractivity contribution in [1.29, 1.82) is 0 Å². The molecule has 0 unspecified atom stereocenters. The Morgan fingerprint density at radius 2 is 1.96 bits per heavy atom. The molecule has 0 atom stereocenters. The highest BCUT2D eigenvalue weighted by atomic mass is 16.5. The van der Waals surface area contributed by atoms with E-state index in [-0.39, 0.29) is 17.3 Å². The van der Waals surface area contributed by atoms with Gasteiger partial charge in [-0.15, -0.1) is 4.99 Å². The standard InChI is InChI=1S/C17H19N5O6/c1-26-14(23)13-12(11(9-19-13)7-10-5-4-6-18-8-10)20-15(21-16(24)27-2)22-17(25)28-3/h4-6,8-9,19H,7H2,1-3H3,(H2,20,21,22,24,25). The topological polar surface area (TPSA) is 144 Å². The lowest BCUT2D eigenvalue weighted by Gasteiger charge is -2.12. The fraction of sp³-hybridized carbons (Fsp3) is 0.235. The number of amides is 2. The molecule has 0 spiro atoms. The van der Waals surface area contributed by atoms with Gasteiger partial charge in [0.15, 0.2) is 0 Å². The number of anilines is 1. The smallest absolute Gasteiger partial charge is 0.436 e. The van der Waals surface area contributed by atoms with Crippen molar-refractivity contribution in [1.82, 2.24) is 15.3 Å². The predicted molar refractivity (Wildman–Crippen MR) is 98.2 cm³/mol. The number of hydrogen-bond acceptors (Lipinski definition) is 7. The summed E-state index contributed by atoms with van der Waals surface area (Å²) in [6, 6.07) is 3.64. The first-order valence-corrected chi connectivity index (χ1v) is 7.94. The second-order valence-electron chi connectivity index (χ2n) is 5.27. The number of alkyl carbamates (subject to hydrolysis) is 1. The fourth-order valence-electron chi connectivity index (χ4n) is 2.22. The van der Waals surface area contributed by atoms with Crippen molar-refractivity contribution in [2.75, 3.05) is 26.6 Å². The molecule has 28 heavy (non-hydrogen) atoms. The van der Waals surface area contributed by atoms with Gasteiger partial charge in [-0.3, -0.25) is 10.3 Å². The van der Waals surface area contributed by atoms with Gasteiger partial charge in [0.2, 0.25) is 5.96 Å². The molecule has 148 valence electrons. The molecule has 2 rings (SSSR count). The first-order chi connectivity index (χ1) is 13.5. The van der Waals surface area contributed by atoms with E-state index in [1.165, 1.54) is 7.11 Å². The van der Waals surface area contributed by atoms with Crippen LogP contribution in [0.2, 0.25) is 0 Å². The molecule has 0 aliphatic heterocycles. The van der Waals surface area contributed by atoms with Gasteiger partial charge in [0.1, 0.15) is 5.69 Å². The molecule has 0 aliphatic carbocycles. The van der Waals surface area contributed by atoms with Crippen LogP contribution in [0.25, 0.3) is 0 Å². The summed E-state index contributed by atoms with van der Waals surface area (Å²) >= 11 is 0. The molecule has 0 fully saturated rings. The fourth-order valence-corrected chi connectivity index (χ4v) is 2.22. The third-order valence-electron chi connectivity index (χ3n) is 3.50. The maximum Gasteiger partial charge on any atom is 0.436 e. The second-order valence-corrected chi connectivity index (χ2v) is 5.27. The number of esters is 1. The van der Waals surface area contributed by atoms with E-state index in [9.17, 15) is 14.4 Å². The second kappa shape index (κ2) is 9.71. The Kier molecular flexibility index (Phi) is 7.08. The molecule has 0 aromatic carbocycles. The van der Waals surface area contributed by atoms with Gasteiger partial charge >= 0.3 is 18.2 Å². The summed E-state index contributed by atoms with van der Waals surface area (Å²) in [6.07, 6.45) is 3.45. The van der Waals surface area contributed by atoms with E-state index in [0.29, 0.717) is 12.0 Å². The predicted octanol–water partition coefficient (Wildman–Crippen LogP) is 1.68. The Hall–Kier alpha value is -3.89. The van der Waals surface area contributed by atoms with Crippen LogP contribution < -0.4 is 10.6 Å². The zero-order chi connectivity index (χ0) is 20.5. The van der Waals surface area contributed by atoms with E-state index in [1.807, 2.05) is 6.07 Å². The zero-order valence-electron chi connectivity index (χ0n) is 15.4. The Morgan fingerprint density at radius 1 is 1.18 bits per heavy atom. The van der Waals surface area contributed by atoms with E-state index >= 15 is 0 Å². The molecule has 0 saturated heterocycles. The molecule has 0 radical (unpaired) electrons. The number of H-pyrrole nitrogens is 1. The molecule has 11 nitrogen and oxygen atoms in total. The van der Waals surface area contributed by atoms with Gasteiger partial charge < -0.3 is 24.5 Å². The summed E-state index contributed by atoms with van der Waals surface area (Å²) in [6.45, 7) is 0.